The average molecular weight is 466 g/mol. The summed E-state index contributed by atoms with van der Waals surface area (Å²) in [6, 6.07) is 12.9. The van der Waals surface area contributed by atoms with Crippen LogP contribution in [0.5, 0.6) is 11.5 Å². The molecule has 0 fully saturated rings. The second-order valence-electron chi connectivity index (χ2n) is 8.15. The maximum absolute atomic E-state index is 12.6. The minimum atomic E-state index is -0.245. The highest BCUT2D eigenvalue weighted by Gasteiger charge is 2.11. The zero-order chi connectivity index (χ0) is 25.1. The fraction of sp³-hybridized carbons (Fsp3) is 0.333. The molecule has 0 radical (unpaired) electrons. The van der Waals surface area contributed by atoms with E-state index >= 15 is 0 Å². The minimum Gasteiger partial charge on any atom is -0.493 e. The Bertz CT molecular complexity index is 1040. The molecule has 7 heteroatoms. The fourth-order valence-corrected chi connectivity index (χ4v) is 3.18. The first-order valence-electron chi connectivity index (χ1n) is 11.2. The highest BCUT2D eigenvalue weighted by Crippen LogP contribution is 2.27. The molecule has 0 aliphatic carbocycles. The van der Waals surface area contributed by atoms with Gasteiger partial charge in [0.1, 0.15) is 0 Å². The molecule has 0 unspecified atom stereocenters. The number of nitrogens with zero attached hydrogens (tertiary/aromatic N) is 1. The fourth-order valence-electron chi connectivity index (χ4n) is 3.18. The molecule has 2 aromatic carbocycles. The first kappa shape index (κ1) is 26.7. The van der Waals surface area contributed by atoms with E-state index in [0.717, 1.165) is 24.2 Å². The van der Waals surface area contributed by atoms with Crippen LogP contribution in [-0.4, -0.2) is 58.1 Å². The number of likely N-dealkylation sites (N-methyl/N-ethyl adjacent to an activating group) is 1. The van der Waals surface area contributed by atoms with Gasteiger partial charge in [-0.25, -0.2) is 0 Å². The number of amides is 2. The van der Waals surface area contributed by atoms with Gasteiger partial charge < -0.3 is 25.0 Å². The van der Waals surface area contributed by atoms with Crippen LogP contribution in [0.25, 0.3) is 0 Å². The van der Waals surface area contributed by atoms with Gasteiger partial charge in [0.25, 0.3) is 11.8 Å². The van der Waals surface area contributed by atoms with E-state index in [-0.39, 0.29) is 18.4 Å². The Kier molecular flexibility index (Phi) is 10.4. The molecule has 0 bridgehead atoms. The van der Waals surface area contributed by atoms with Crippen LogP contribution in [-0.2, 0) is 11.2 Å². The Morgan fingerprint density at radius 3 is 2.26 bits per heavy atom. The molecule has 34 heavy (non-hydrogen) atoms. The Hall–Kier alpha value is -3.58. The van der Waals surface area contributed by atoms with Crippen LogP contribution in [0.4, 0.5) is 5.69 Å². The number of nitrogens with one attached hydrogen (secondary N) is 2. The molecule has 0 spiro atoms. The van der Waals surface area contributed by atoms with Gasteiger partial charge in [-0.15, -0.1) is 0 Å². The van der Waals surface area contributed by atoms with E-state index < -0.39 is 0 Å². The van der Waals surface area contributed by atoms with Gasteiger partial charge in [-0.3, -0.25) is 9.59 Å². The number of hydrogen-bond donors (Lipinski definition) is 2. The summed E-state index contributed by atoms with van der Waals surface area (Å²) in [6.45, 7) is 4.88. The third-order valence-corrected chi connectivity index (χ3v) is 5.29. The van der Waals surface area contributed by atoms with Crippen LogP contribution in [0.3, 0.4) is 0 Å². The van der Waals surface area contributed by atoms with Crippen molar-refractivity contribution in [1.82, 2.24) is 10.2 Å². The van der Waals surface area contributed by atoms with Gasteiger partial charge in [0.05, 0.1) is 14.2 Å². The summed E-state index contributed by atoms with van der Waals surface area (Å²) < 4.78 is 10.5. The molecule has 7 nitrogen and oxygen atoms in total. The molecule has 0 saturated heterocycles. The summed E-state index contributed by atoms with van der Waals surface area (Å²) in [4.78, 5) is 27.3. The van der Waals surface area contributed by atoms with Gasteiger partial charge in [-0.1, -0.05) is 18.2 Å². The molecule has 182 valence electrons. The van der Waals surface area contributed by atoms with Crippen LogP contribution in [0.2, 0.25) is 0 Å². The van der Waals surface area contributed by atoms with Crippen molar-refractivity contribution in [3.63, 3.8) is 0 Å². The largest absolute Gasteiger partial charge is 0.493 e. The van der Waals surface area contributed by atoms with Crippen molar-refractivity contribution >= 4 is 17.5 Å². The number of methoxy groups -OCH3 is 2. The standard InChI is InChI=1S/C27H35N3O4/c1-7-20(18-28-27(32)22-10-13-24(33-5)25(17-22)34-6)16-19(2)26(31)29-23-11-8-21(9-12-23)14-15-30(3)4/h7-13,16-17H,14-15,18H2,1-6H3,(H,28,32)(H,29,31)/b19-16+,20-7+. The number of allylic oxidation sites excluding steroid dienone is 1. The molecule has 0 aromatic heterocycles. The third-order valence-electron chi connectivity index (χ3n) is 5.29. The van der Waals surface area contributed by atoms with E-state index in [1.165, 1.54) is 12.7 Å². The topological polar surface area (TPSA) is 79.9 Å². The van der Waals surface area contributed by atoms with Crippen molar-refractivity contribution in [2.24, 2.45) is 0 Å². The maximum Gasteiger partial charge on any atom is 0.251 e. The summed E-state index contributed by atoms with van der Waals surface area (Å²) in [5.41, 5.74) is 3.79. The summed E-state index contributed by atoms with van der Waals surface area (Å²) >= 11 is 0. The zero-order valence-electron chi connectivity index (χ0n) is 20.9. The second kappa shape index (κ2) is 13.2. The van der Waals surface area contributed by atoms with Crippen molar-refractivity contribution in [3.8, 4) is 11.5 Å². The molecule has 0 saturated carbocycles. The molecule has 2 N–H and O–H groups in total. The summed E-state index contributed by atoms with van der Waals surface area (Å²) in [6.07, 6.45) is 4.60. The predicted molar refractivity (Wildman–Crippen MR) is 137 cm³/mol. The first-order chi connectivity index (χ1) is 16.3. The van der Waals surface area contributed by atoms with Gasteiger partial charge in [0.15, 0.2) is 11.5 Å². The Morgan fingerprint density at radius 2 is 1.68 bits per heavy atom. The lowest BCUT2D eigenvalue weighted by atomic mass is 10.1. The van der Waals surface area contributed by atoms with Crippen molar-refractivity contribution in [1.29, 1.82) is 0 Å². The lowest BCUT2D eigenvalue weighted by Gasteiger charge is -2.11. The molecular formula is C27H35N3O4. The monoisotopic (exact) mass is 465 g/mol. The van der Waals surface area contributed by atoms with Crippen LogP contribution >= 0.6 is 0 Å². The first-order valence-corrected chi connectivity index (χ1v) is 11.2. The number of hydrogen-bond acceptors (Lipinski definition) is 5. The Labute approximate surface area is 202 Å². The summed E-state index contributed by atoms with van der Waals surface area (Å²) in [5, 5.41) is 5.79. The Morgan fingerprint density at radius 1 is 1.00 bits per heavy atom. The van der Waals surface area contributed by atoms with Crippen molar-refractivity contribution in [3.05, 3.63) is 76.9 Å². The lowest BCUT2D eigenvalue weighted by Crippen LogP contribution is -2.25. The molecule has 2 rings (SSSR count). The molecule has 0 aliphatic heterocycles. The number of carbonyl (C=O) groups is 2. The SMILES string of the molecule is C/C=C(\C=C(/C)C(=O)Nc1ccc(CCN(C)C)cc1)CNC(=O)c1ccc(OC)c(OC)c1. The highest BCUT2D eigenvalue weighted by molar-refractivity contribution is 6.03. The lowest BCUT2D eigenvalue weighted by molar-refractivity contribution is -0.112. The highest BCUT2D eigenvalue weighted by atomic mass is 16.5. The second-order valence-corrected chi connectivity index (χ2v) is 8.15. The zero-order valence-corrected chi connectivity index (χ0v) is 20.9. The van der Waals surface area contributed by atoms with Crippen LogP contribution in [0.15, 0.2) is 65.8 Å². The van der Waals surface area contributed by atoms with E-state index in [1.807, 2.05) is 51.4 Å². The van der Waals surface area contributed by atoms with Gasteiger partial charge in [-0.05, 0) is 81.9 Å². The molecule has 2 amide bonds. The number of ether oxygens (including phenoxy) is 2. The number of carbonyl (C=O) groups excluding carboxylic acids is 2. The normalized spacial score (nSPS) is 11.9. The van der Waals surface area contributed by atoms with Crippen molar-refractivity contribution in [2.45, 2.75) is 20.3 Å². The minimum absolute atomic E-state index is 0.188. The quantitative estimate of drug-likeness (QED) is 0.386. The third kappa shape index (κ3) is 8.08. The van der Waals surface area contributed by atoms with E-state index in [1.54, 1.807) is 38.3 Å². The molecule has 0 atom stereocenters. The van der Waals surface area contributed by atoms with Gasteiger partial charge in [0.2, 0.25) is 0 Å². The number of rotatable bonds is 11. The number of benzene rings is 2. The van der Waals surface area contributed by atoms with E-state index in [4.69, 9.17) is 9.47 Å². The van der Waals surface area contributed by atoms with E-state index in [0.29, 0.717) is 22.6 Å². The predicted octanol–water partition coefficient (Wildman–Crippen LogP) is 4.07. The van der Waals surface area contributed by atoms with E-state index in [9.17, 15) is 9.59 Å². The van der Waals surface area contributed by atoms with Crippen molar-refractivity contribution in [2.75, 3.05) is 46.7 Å². The summed E-state index contributed by atoms with van der Waals surface area (Å²) in [7, 11) is 7.16. The molecule has 0 heterocycles. The van der Waals surface area contributed by atoms with Gasteiger partial charge >= 0.3 is 0 Å². The smallest absolute Gasteiger partial charge is 0.251 e. The van der Waals surface area contributed by atoms with Crippen LogP contribution < -0.4 is 20.1 Å². The van der Waals surface area contributed by atoms with Gasteiger partial charge in [-0.2, -0.15) is 0 Å². The van der Waals surface area contributed by atoms with Gasteiger partial charge in [0, 0.05) is 29.9 Å². The summed E-state index contributed by atoms with van der Waals surface area (Å²) in [5.74, 6) is 0.609. The van der Waals surface area contributed by atoms with E-state index in [2.05, 4.69) is 15.5 Å². The number of anilines is 1. The molecule has 2 aromatic rings. The molecule has 0 aliphatic rings. The average Bonchev–Trinajstić information content (AvgIpc) is 2.85. The maximum atomic E-state index is 12.6. The van der Waals surface area contributed by atoms with Crippen LogP contribution in [0.1, 0.15) is 29.8 Å². The Balaban J connectivity index is 1.95. The molecular weight excluding hydrogens is 430 g/mol. The van der Waals surface area contributed by atoms with Crippen LogP contribution in [0, 0.1) is 0 Å². The van der Waals surface area contributed by atoms with Crippen molar-refractivity contribution < 1.29 is 19.1 Å².